The number of alkyl halides is 3. The molecule has 0 saturated carbocycles. The van der Waals surface area contributed by atoms with Crippen LogP contribution in [0, 0.1) is 0 Å². The number of nitrogens with two attached hydrogens (primary N) is 1. The molecule has 0 aliphatic heterocycles. The van der Waals surface area contributed by atoms with E-state index >= 15 is 0 Å². The van der Waals surface area contributed by atoms with Crippen molar-refractivity contribution in [1.82, 2.24) is 0 Å². The zero-order valence-electron chi connectivity index (χ0n) is 13.0. The van der Waals surface area contributed by atoms with Crippen LogP contribution in [0.1, 0.15) is 26.3 Å². The van der Waals surface area contributed by atoms with Gasteiger partial charge in [0.1, 0.15) is 0 Å². The molecular weight excluding hydrogens is 375 g/mol. The molecule has 0 aliphatic carbocycles. The quantitative estimate of drug-likeness (QED) is 0.627. The highest BCUT2D eigenvalue weighted by Crippen LogP contribution is 2.29. The number of ketones is 1. The molecule has 0 aromatic heterocycles. The van der Waals surface area contributed by atoms with Gasteiger partial charge in [-0.2, -0.15) is 13.2 Å². The van der Waals surface area contributed by atoms with E-state index in [0.29, 0.717) is 6.07 Å². The van der Waals surface area contributed by atoms with E-state index in [0.717, 1.165) is 36.4 Å². The minimum atomic E-state index is -4.60. The van der Waals surface area contributed by atoms with E-state index in [4.69, 9.17) is 9.88 Å². The van der Waals surface area contributed by atoms with Crippen LogP contribution in [0.4, 0.5) is 13.2 Å². The molecule has 0 bridgehead atoms. The number of Topliss-reactive ketones (excluding diaryl/α,β-unsaturated/α-hetero) is 1. The van der Waals surface area contributed by atoms with Gasteiger partial charge in [-0.05, 0) is 36.4 Å². The first kappa shape index (κ1) is 19.6. The number of sulfonamides is 1. The van der Waals surface area contributed by atoms with Crippen molar-refractivity contribution in [2.75, 3.05) is 6.61 Å². The van der Waals surface area contributed by atoms with E-state index in [1.807, 2.05) is 0 Å². The molecule has 6 nitrogen and oxygen atoms in total. The molecule has 0 fully saturated rings. The Morgan fingerprint density at radius 3 is 2.15 bits per heavy atom. The predicted molar refractivity (Wildman–Crippen MR) is 83.9 cm³/mol. The zero-order chi connectivity index (χ0) is 19.5. The zero-order valence-corrected chi connectivity index (χ0v) is 13.8. The Morgan fingerprint density at radius 1 is 1.00 bits per heavy atom. The Balaban J connectivity index is 2.04. The second-order valence-corrected chi connectivity index (χ2v) is 6.71. The van der Waals surface area contributed by atoms with Crippen LogP contribution >= 0.6 is 0 Å². The maximum Gasteiger partial charge on any atom is 0.416 e. The van der Waals surface area contributed by atoms with Gasteiger partial charge in [-0.3, -0.25) is 4.79 Å². The van der Waals surface area contributed by atoms with Crippen molar-refractivity contribution in [2.24, 2.45) is 5.14 Å². The summed E-state index contributed by atoms with van der Waals surface area (Å²) in [7, 11) is -3.92. The number of carbonyl (C=O) groups excluding carboxylic acids is 2. The van der Waals surface area contributed by atoms with E-state index < -0.39 is 40.1 Å². The lowest BCUT2D eigenvalue weighted by Crippen LogP contribution is -2.16. The molecule has 138 valence electrons. The molecule has 2 aromatic rings. The summed E-state index contributed by atoms with van der Waals surface area (Å²) in [6.45, 7) is -0.767. The van der Waals surface area contributed by atoms with Crippen molar-refractivity contribution >= 4 is 21.8 Å². The first-order chi connectivity index (χ1) is 12.0. The average Bonchev–Trinajstić information content (AvgIpc) is 2.58. The number of halogens is 3. The maximum absolute atomic E-state index is 12.6. The molecule has 0 amide bonds. The van der Waals surface area contributed by atoms with Gasteiger partial charge in [0.2, 0.25) is 10.0 Å². The smallest absolute Gasteiger partial charge is 0.416 e. The Labute approximate surface area is 146 Å². The van der Waals surface area contributed by atoms with E-state index in [2.05, 4.69) is 0 Å². The largest absolute Gasteiger partial charge is 0.454 e. The van der Waals surface area contributed by atoms with Crippen LogP contribution in [0.2, 0.25) is 0 Å². The normalized spacial score (nSPS) is 11.8. The fourth-order valence-corrected chi connectivity index (χ4v) is 2.46. The lowest BCUT2D eigenvalue weighted by molar-refractivity contribution is -0.137. The van der Waals surface area contributed by atoms with Crippen LogP contribution in [0.3, 0.4) is 0 Å². The first-order valence-electron chi connectivity index (χ1n) is 6.99. The number of esters is 1. The molecule has 0 saturated heterocycles. The number of benzene rings is 2. The third-order valence-corrected chi connectivity index (χ3v) is 4.19. The molecule has 26 heavy (non-hydrogen) atoms. The minimum Gasteiger partial charge on any atom is -0.454 e. The molecule has 0 atom stereocenters. The monoisotopic (exact) mass is 387 g/mol. The summed E-state index contributed by atoms with van der Waals surface area (Å²) >= 11 is 0. The number of ether oxygens (including phenoxy) is 1. The second kappa shape index (κ2) is 7.26. The van der Waals surface area contributed by atoms with Crippen LogP contribution in [0.15, 0.2) is 53.4 Å². The third-order valence-electron chi connectivity index (χ3n) is 3.26. The fraction of sp³-hybridized carbons (Fsp3) is 0.125. The topological polar surface area (TPSA) is 104 Å². The summed E-state index contributed by atoms with van der Waals surface area (Å²) in [5, 5.41) is 4.92. The first-order valence-corrected chi connectivity index (χ1v) is 8.53. The highest BCUT2D eigenvalue weighted by Gasteiger charge is 2.30. The maximum atomic E-state index is 12.6. The Morgan fingerprint density at radius 2 is 1.62 bits per heavy atom. The summed E-state index contributed by atoms with van der Waals surface area (Å²) < 4.78 is 64.9. The SMILES string of the molecule is NS(=O)(=O)c1ccc(C(=O)OCC(=O)c2cccc(C(F)(F)F)c2)cc1. The van der Waals surface area contributed by atoms with Crippen LogP contribution in [0.25, 0.3) is 0 Å². The minimum absolute atomic E-state index is 0.0470. The van der Waals surface area contributed by atoms with Gasteiger partial charge >= 0.3 is 12.1 Å². The molecule has 10 heteroatoms. The summed E-state index contributed by atoms with van der Waals surface area (Å²) in [6.07, 6.45) is -4.60. The highest BCUT2D eigenvalue weighted by molar-refractivity contribution is 7.89. The van der Waals surface area contributed by atoms with Gasteiger partial charge in [-0.1, -0.05) is 12.1 Å². The molecule has 2 aromatic carbocycles. The molecule has 0 heterocycles. The van der Waals surface area contributed by atoms with Crippen molar-refractivity contribution in [2.45, 2.75) is 11.1 Å². The van der Waals surface area contributed by atoms with Gasteiger partial charge in [0, 0.05) is 5.56 Å². The van der Waals surface area contributed by atoms with Gasteiger partial charge in [0.25, 0.3) is 0 Å². The molecule has 0 unspecified atom stereocenters. The van der Waals surface area contributed by atoms with E-state index in [-0.39, 0.29) is 16.0 Å². The van der Waals surface area contributed by atoms with Gasteiger partial charge in [0.15, 0.2) is 12.4 Å². The number of primary sulfonamides is 1. The molecule has 2 N–H and O–H groups in total. The van der Waals surface area contributed by atoms with Crippen LogP contribution in [-0.4, -0.2) is 26.8 Å². The van der Waals surface area contributed by atoms with Crippen molar-refractivity contribution in [3.63, 3.8) is 0 Å². The Kier molecular flexibility index (Phi) is 5.47. The molecule has 0 spiro atoms. The standard InChI is InChI=1S/C16H12F3NO5S/c17-16(18,19)12-3-1-2-11(8-12)14(21)9-25-15(22)10-4-6-13(7-5-10)26(20,23)24/h1-8H,9H2,(H2,20,23,24). The van der Waals surface area contributed by atoms with E-state index in [1.54, 1.807) is 0 Å². The molecule has 0 radical (unpaired) electrons. The lowest BCUT2D eigenvalue weighted by atomic mass is 10.1. The average molecular weight is 387 g/mol. The predicted octanol–water partition coefficient (Wildman–Crippen LogP) is 2.39. The number of carbonyl (C=O) groups is 2. The van der Waals surface area contributed by atoms with Gasteiger partial charge in [0.05, 0.1) is 16.0 Å². The van der Waals surface area contributed by atoms with Gasteiger partial charge < -0.3 is 4.74 Å². The summed E-state index contributed by atoms with van der Waals surface area (Å²) in [5.74, 6) is -1.75. The van der Waals surface area contributed by atoms with Crippen molar-refractivity contribution in [3.05, 3.63) is 65.2 Å². The van der Waals surface area contributed by atoms with Gasteiger partial charge in [-0.25, -0.2) is 18.4 Å². The van der Waals surface area contributed by atoms with Crippen molar-refractivity contribution in [3.8, 4) is 0 Å². The van der Waals surface area contributed by atoms with Crippen LogP contribution < -0.4 is 5.14 Å². The van der Waals surface area contributed by atoms with Crippen molar-refractivity contribution in [1.29, 1.82) is 0 Å². The lowest BCUT2D eigenvalue weighted by Gasteiger charge is -2.09. The number of rotatable bonds is 5. The Hall–Kier alpha value is -2.72. The fourth-order valence-electron chi connectivity index (χ4n) is 1.95. The highest BCUT2D eigenvalue weighted by atomic mass is 32.2. The summed E-state index contributed by atoms with van der Waals surface area (Å²) in [4.78, 5) is 23.5. The molecule has 2 rings (SSSR count). The Bertz CT molecular complexity index is 937. The van der Waals surface area contributed by atoms with E-state index in [9.17, 15) is 31.2 Å². The van der Waals surface area contributed by atoms with Crippen LogP contribution in [0.5, 0.6) is 0 Å². The van der Waals surface area contributed by atoms with Gasteiger partial charge in [-0.15, -0.1) is 0 Å². The molecular formula is C16H12F3NO5S. The van der Waals surface area contributed by atoms with Crippen LogP contribution in [-0.2, 0) is 20.9 Å². The second-order valence-electron chi connectivity index (χ2n) is 5.15. The number of hydrogen-bond donors (Lipinski definition) is 1. The number of hydrogen-bond acceptors (Lipinski definition) is 5. The third kappa shape index (κ3) is 4.90. The molecule has 0 aliphatic rings. The summed E-state index contributed by atoms with van der Waals surface area (Å²) in [6, 6.07) is 8.16. The van der Waals surface area contributed by atoms with E-state index in [1.165, 1.54) is 6.07 Å². The summed E-state index contributed by atoms with van der Waals surface area (Å²) in [5.41, 5.74) is -1.29. The van der Waals surface area contributed by atoms with Crippen molar-refractivity contribution < 1.29 is 35.9 Å².